The van der Waals surface area contributed by atoms with Crippen LogP contribution in [-0.4, -0.2) is 21.3 Å². The minimum atomic E-state index is -0.963. The molecule has 0 aliphatic rings. The molecule has 0 radical (unpaired) electrons. The van der Waals surface area contributed by atoms with Crippen molar-refractivity contribution in [3.63, 3.8) is 0 Å². The number of nitrogens with zero attached hydrogens (tertiary/aromatic N) is 2. The number of hydrogen-bond donors (Lipinski definition) is 1. The summed E-state index contributed by atoms with van der Waals surface area (Å²) in [5, 5.41) is 17.0. The molecule has 0 saturated carbocycles. The number of aromatic nitrogens is 2. The first kappa shape index (κ1) is 15.0. The van der Waals surface area contributed by atoms with Gasteiger partial charge in [0.1, 0.15) is 0 Å². The lowest BCUT2D eigenvalue weighted by Gasteiger charge is -1.99. The molecule has 0 saturated heterocycles. The van der Waals surface area contributed by atoms with Gasteiger partial charge in [-0.1, -0.05) is 25.5 Å². The highest BCUT2D eigenvalue weighted by Gasteiger charge is 2.11. The van der Waals surface area contributed by atoms with Crippen molar-refractivity contribution in [3.05, 3.63) is 59.7 Å². The second-order valence-electron chi connectivity index (χ2n) is 5.24. The normalized spacial score (nSPS) is 10.7. The molecule has 1 N–H and O–H groups in total. The van der Waals surface area contributed by atoms with Crippen molar-refractivity contribution in [2.24, 2.45) is 0 Å². The third-order valence-corrected chi connectivity index (χ3v) is 3.54. The zero-order chi connectivity index (χ0) is 16.2. The number of aryl methyl sites for hydroxylation is 1. The number of carbonyl (C=O) groups is 1. The van der Waals surface area contributed by atoms with Gasteiger partial charge in [-0.15, -0.1) is 10.2 Å². The fourth-order valence-corrected chi connectivity index (χ4v) is 2.31. The Hall–Kier alpha value is -2.95. The first-order valence-electron chi connectivity index (χ1n) is 7.44. The van der Waals surface area contributed by atoms with Crippen LogP contribution in [0.1, 0.15) is 29.3 Å². The molecule has 0 fully saturated rings. The Balaban J connectivity index is 1.83. The Morgan fingerprint density at radius 1 is 0.957 bits per heavy atom. The van der Waals surface area contributed by atoms with Gasteiger partial charge in [-0.3, -0.25) is 0 Å². The van der Waals surface area contributed by atoms with E-state index in [0.29, 0.717) is 17.3 Å². The molecule has 2 aromatic carbocycles. The van der Waals surface area contributed by atoms with Gasteiger partial charge in [-0.05, 0) is 48.4 Å². The summed E-state index contributed by atoms with van der Waals surface area (Å²) in [4.78, 5) is 10.9. The van der Waals surface area contributed by atoms with E-state index in [4.69, 9.17) is 9.52 Å². The fraction of sp³-hybridized carbons (Fsp3) is 0.167. The number of rotatable bonds is 5. The molecule has 0 spiro atoms. The Kier molecular flexibility index (Phi) is 4.19. The first-order chi connectivity index (χ1) is 11.2. The maximum atomic E-state index is 10.9. The predicted octanol–water partition coefficient (Wildman–Crippen LogP) is 4.05. The summed E-state index contributed by atoms with van der Waals surface area (Å²) in [6.07, 6.45) is 2.15. The lowest BCUT2D eigenvalue weighted by Crippen LogP contribution is -1.94. The van der Waals surface area contributed by atoms with E-state index in [2.05, 4.69) is 29.3 Å². The van der Waals surface area contributed by atoms with Crippen LogP contribution in [0.25, 0.3) is 22.9 Å². The monoisotopic (exact) mass is 308 g/mol. The van der Waals surface area contributed by atoms with Crippen molar-refractivity contribution in [3.8, 4) is 22.9 Å². The van der Waals surface area contributed by atoms with Gasteiger partial charge in [-0.25, -0.2) is 4.79 Å². The summed E-state index contributed by atoms with van der Waals surface area (Å²) < 4.78 is 5.69. The van der Waals surface area contributed by atoms with Crippen molar-refractivity contribution in [1.29, 1.82) is 0 Å². The molecule has 0 amide bonds. The lowest BCUT2D eigenvalue weighted by atomic mass is 10.1. The van der Waals surface area contributed by atoms with E-state index in [9.17, 15) is 4.79 Å². The molecule has 5 nitrogen and oxygen atoms in total. The average molecular weight is 308 g/mol. The van der Waals surface area contributed by atoms with Gasteiger partial charge in [0.15, 0.2) is 0 Å². The summed E-state index contributed by atoms with van der Waals surface area (Å²) in [6, 6.07) is 14.4. The number of aromatic carboxylic acids is 1. The van der Waals surface area contributed by atoms with Crippen LogP contribution >= 0.6 is 0 Å². The predicted molar refractivity (Wildman–Crippen MR) is 86.1 cm³/mol. The van der Waals surface area contributed by atoms with Crippen molar-refractivity contribution in [2.45, 2.75) is 19.8 Å². The van der Waals surface area contributed by atoms with Crippen LogP contribution in [0, 0.1) is 0 Å². The van der Waals surface area contributed by atoms with Crippen LogP contribution in [0.5, 0.6) is 0 Å². The molecule has 5 heteroatoms. The van der Waals surface area contributed by atoms with E-state index in [0.717, 1.165) is 18.4 Å². The van der Waals surface area contributed by atoms with Crippen LogP contribution in [0.4, 0.5) is 0 Å². The van der Waals surface area contributed by atoms with E-state index in [-0.39, 0.29) is 5.56 Å². The van der Waals surface area contributed by atoms with Crippen LogP contribution in [0.15, 0.2) is 52.9 Å². The van der Waals surface area contributed by atoms with E-state index >= 15 is 0 Å². The molecular weight excluding hydrogens is 292 g/mol. The second-order valence-corrected chi connectivity index (χ2v) is 5.24. The third kappa shape index (κ3) is 3.29. The zero-order valence-corrected chi connectivity index (χ0v) is 12.7. The summed E-state index contributed by atoms with van der Waals surface area (Å²) >= 11 is 0. The van der Waals surface area contributed by atoms with Crippen molar-refractivity contribution in [2.75, 3.05) is 0 Å². The largest absolute Gasteiger partial charge is 0.478 e. The van der Waals surface area contributed by atoms with Gasteiger partial charge in [0.25, 0.3) is 0 Å². The Bertz CT molecular complexity index is 805. The van der Waals surface area contributed by atoms with E-state index < -0.39 is 5.97 Å². The molecule has 3 rings (SSSR count). The Morgan fingerprint density at radius 2 is 1.48 bits per heavy atom. The van der Waals surface area contributed by atoms with E-state index in [1.165, 1.54) is 17.7 Å². The fourth-order valence-electron chi connectivity index (χ4n) is 2.31. The van der Waals surface area contributed by atoms with E-state index in [1.807, 2.05) is 12.1 Å². The van der Waals surface area contributed by atoms with Crippen LogP contribution < -0.4 is 0 Å². The van der Waals surface area contributed by atoms with Crippen molar-refractivity contribution >= 4 is 5.97 Å². The quantitative estimate of drug-likeness (QED) is 0.769. The smallest absolute Gasteiger partial charge is 0.335 e. The molecule has 0 unspecified atom stereocenters. The maximum absolute atomic E-state index is 10.9. The third-order valence-electron chi connectivity index (χ3n) is 3.54. The number of benzene rings is 2. The highest BCUT2D eigenvalue weighted by Crippen LogP contribution is 2.24. The van der Waals surface area contributed by atoms with Gasteiger partial charge in [0.05, 0.1) is 5.56 Å². The first-order valence-corrected chi connectivity index (χ1v) is 7.44. The molecule has 23 heavy (non-hydrogen) atoms. The molecular formula is C18H16N2O3. The van der Waals surface area contributed by atoms with Crippen LogP contribution in [0.2, 0.25) is 0 Å². The Morgan fingerprint density at radius 3 is 1.96 bits per heavy atom. The number of carboxylic acid groups (broad SMARTS) is 1. The standard InChI is InChI=1S/C18H16N2O3/c1-2-3-12-4-6-13(7-5-12)16-19-20-17(23-16)14-8-10-15(11-9-14)18(21)22/h4-11H,2-3H2,1H3,(H,21,22). The van der Waals surface area contributed by atoms with Gasteiger partial charge >= 0.3 is 5.97 Å². The lowest BCUT2D eigenvalue weighted by molar-refractivity contribution is 0.0697. The highest BCUT2D eigenvalue weighted by atomic mass is 16.4. The molecule has 0 aliphatic heterocycles. The summed E-state index contributed by atoms with van der Waals surface area (Å²) in [5.41, 5.74) is 3.06. The highest BCUT2D eigenvalue weighted by molar-refractivity contribution is 5.88. The average Bonchev–Trinajstić information content (AvgIpc) is 3.06. The van der Waals surface area contributed by atoms with E-state index in [1.54, 1.807) is 12.1 Å². The summed E-state index contributed by atoms with van der Waals surface area (Å²) in [5.74, 6) is -0.144. The van der Waals surface area contributed by atoms with Gasteiger partial charge in [0, 0.05) is 11.1 Å². The zero-order valence-electron chi connectivity index (χ0n) is 12.7. The molecule has 1 aromatic heterocycles. The molecule has 1 heterocycles. The van der Waals surface area contributed by atoms with Crippen LogP contribution in [0.3, 0.4) is 0 Å². The molecule has 3 aromatic rings. The van der Waals surface area contributed by atoms with Gasteiger partial charge < -0.3 is 9.52 Å². The minimum Gasteiger partial charge on any atom is -0.478 e. The number of hydrogen-bond acceptors (Lipinski definition) is 4. The Labute approximate surface area is 133 Å². The molecule has 0 bridgehead atoms. The molecule has 0 atom stereocenters. The topological polar surface area (TPSA) is 76.2 Å². The molecule has 0 aliphatic carbocycles. The number of carboxylic acids is 1. The van der Waals surface area contributed by atoms with Crippen LogP contribution in [-0.2, 0) is 6.42 Å². The van der Waals surface area contributed by atoms with Gasteiger partial charge in [0.2, 0.25) is 11.8 Å². The summed E-state index contributed by atoms with van der Waals surface area (Å²) in [7, 11) is 0. The second kappa shape index (κ2) is 6.44. The molecule has 116 valence electrons. The van der Waals surface area contributed by atoms with Crippen molar-refractivity contribution in [1.82, 2.24) is 10.2 Å². The maximum Gasteiger partial charge on any atom is 0.335 e. The minimum absolute atomic E-state index is 0.222. The summed E-state index contributed by atoms with van der Waals surface area (Å²) in [6.45, 7) is 2.15. The van der Waals surface area contributed by atoms with Crippen molar-refractivity contribution < 1.29 is 14.3 Å². The SMILES string of the molecule is CCCc1ccc(-c2nnc(-c3ccc(C(=O)O)cc3)o2)cc1. The van der Waals surface area contributed by atoms with Gasteiger partial charge in [-0.2, -0.15) is 0 Å².